The molecule has 0 bridgehead atoms. The van der Waals surface area contributed by atoms with Crippen molar-refractivity contribution >= 4 is 23.2 Å². The molecule has 1 atom stereocenters. The average Bonchev–Trinajstić information content (AvgIpc) is 2.80. The zero-order chi connectivity index (χ0) is 13.5. The number of carbonyl (C=O) groups excluding carboxylic acids is 1. The summed E-state index contributed by atoms with van der Waals surface area (Å²) in [7, 11) is 0. The summed E-state index contributed by atoms with van der Waals surface area (Å²) in [5, 5.41) is 10.8. The van der Waals surface area contributed by atoms with Crippen LogP contribution in [0, 0.1) is 5.92 Å². The Morgan fingerprint density at radius 3 is 2.83 bits per heavy atom. The maximum absolute atomic E-state index is 12.1. The van der Waals surface area contributed by atoms with Crippen molar-refractivity contribution in [3.8, 4) is 0 Å². The van der Waals surface area contributed by atoms with E-state index in [1.807, 2.05) is 17.5 Å². The number of aliphatic carboxylic acids is 1. The van der Waals surface area contributed by atoms with Crippen molar-refractivity contribution in [3.63, 3.8) is 0 Å². The molecular weight excluding hydrogens is 250 g/mol. The summed E-state index contributed by atoms with van der Waals surface area (Å²) in [4.78, 5) is 25.4. The van der Waals surface area contributed by atoms with Crippen LogP contribution in [0.2, 0.25) is 0 Å². The molecule has 1 heterocycles. The zero-order valence-electron chi connectivity index (χ0n) is 10.3. The van der Waals surface area contributed by atoms with Gasteiger partial charge >= 0.3 is 5.97 Å². The van der Waals surface area contributed by atoms with E-state index in [0.29, 0.717) is 13.0 Å². The number of hydrogen-bond acceptors (Lipinski definition) is 3. The van der Waals surface area contributed by atoms with Crippen molar-refractivity contribution in [3.05, 3.63) is 35.0 Å². The lowest BCUT2D eigenvalue weighted by Gasteiger charge is -2.22. The second kappa shape index (κ2) is 6.96. The van der Waals surface area contributed by atoms with E-state index < -0.39 is 11.9 Å². The van der Waals surface area contributed by atoms with Crippen LogP contribution >= 0.6 is 11.3 Å². The SMILES string of the molecule is C=CCN(CC(C)C(=O)O)C(=O)Cc1cccs1. The van der Waals surface area contributed by atoms with Gasteiger partial charge in [-0.25, -0.2) is 0 Å². The molecule has 1 aromatic rings. The molecule has 0 aliphatic rings. The molecule has 0 saturated carbocycles. The molecule has 1 rings (SSSR count). The number of carboxylic acids is 1. The molecule has 0 spiro atoms. The van der Waals surface area contributed by atoms with Crippen molar-refractivity contribution < 1.29 is 14.7 Å². The van der Waals surface area contributed by atoms with Gasteiger partial charge in [0.1, 0.15) is 0 Å². The van der Waals surface area contributed by atoms with Gasteiger partial charge < -0.3 is 10.0 Å². The van der Waals surface area contributed by atoms with Crippen molar-refractivity contribution in [2.75, 3.05) is 13.1 Å². The summed E-state index contributed by atoms with van der Waals surface area (Å²) in [5.41, 5.74) is 0. The monoisotopic (exact) mass is 267 g/mol. The Morgan fingerprint density at radius 2 is 2.33 bits per heavy atom. The Hall–Kier alpha value is -1.62. The predicted octanol–water partition coefficient (Wildman–Crippen LogP) is 2.03. The van der Waals surface area contributed by atoms with Crippen LogP contribution in [0.3, 0.4) is 0 Å². The van der Waals surface area contributed by atoms with Gasteiger partial charge in [-0.1, -0.05) is 19.1 Å². The number of rotatable bonds is 7. The van der Waals surface area contributed by atoms with Gasteiger partial charge in [-0.05, 0) is 11.4 Å². The summed E-state index contributed by atoms with van der Waals surface area (Å²) in [6.45, 7) is 5.78. The first-order valence-electron chi connectivity index (χ1n) is 5.68. The molecule has 0 aliphatic carbocycles. The number of carboxylic acid groups (broad SMARTS) is 1. The maximum atomic E-state index is 12.1. The molecule has 0 saturated heterocycles. The van der Waals surface area contributed by atoms with Crippen molar-refractivity contribution in [2.45, 2.75) is 13.3 Å². The largest absolute Gasteiger partial charge is 0.481 e. The van der Waals surface area contributed by atoms with E-state index in [0.717, 1.165) is 4.88 Å². The molecule has 0 aliphatic heterocycles. The number of hydrogen-bond donors (Lipinski definition) is 1. The number of amides is 1. The smallest absolute Gasteiger partial charge is 0.308 e. The van der Waals surface area contributed by atoms with Gasteiger partial charge in [-0.2, -0.15) is 0 Å². The third-order valence-electron chi connectivity index (χ3n) is 2.52. The van der Waals surface area contributed by atoms with Crippen molar-refractivity contribution in [2.24, 2.45) is 5.92 Å². The third-order valence-corrected chi connectivity index (χ3v) is 3.40. The molecule has 1 amide bonds. The summed E-state index contributed by atoms with van der Waals surface area (Å²) in [5.74, 6) is -1.53. The summed E-state index contributed by atoms with van der Waals surface area (Å²) in [6, 6.07) is 3.79. The predicted molar refractivity (Wildman–Crippen MR) is 71.6 cm³/mol. The maximum Gasteiger partial charge on any atom is 0.308 e. The van der Waals surface area contributed by atoms with E-state index in [4.69, 9.17) is 5.11 Å². The molecule has 0 fully saturated rings. The van der Waals surface area contributed by atoms with Crippen LogP contribution in [-0.4, -0.2) is 35.0 Å². The minimum Gasteiger partial charge on any atom is -0.481 e. The molecule has 4 nitrogen and oxygen atoms in total. The van der Waals surface area contributed by atoms with Crippen LogP contribution in [0.25, 0.3) is 0 Å². The molecule has 0 aromatic carbocycles. The van der Waals surface area contributed by atoms with Gasteiger partial charge in [-0.3, -0.25) is 9.59 Å². The highest BCUT2D eigenvalue weighted by atomic mass is 32.1. The van der Waals surface area contributed by atoms with Gasteiger partial charge in [0.25, 0.3) is 0 Å². The minimum absolute atomic E-state index is 0.0644. The van der Waals surface area contributed by atoms with Crippen LogP contribution in [0.5, 0.6) is 0 Å². The second-order valence-electron chi connectivity index (χ2n) is 4.08. The molecule has 1 aromatic heterocycles. The fourth-order valence-electron chi connectivity index (χ4n) is 1.52. The Balaban J connectivity index is 2.62. The lowest BCUT2D eigenvalue weighted by atomic mass is 10.1. The molecule has 98 valence electrons. The molecule has 0 radical (unpaired) electrons. The highest BCUT2D eigenvalue weighted by Crippen LogP contribution is 2.11. The summed E-state index contributed by atoms with van der Waals surface area (Å²) >= 11 is 1.52. The minimum atomic E-state index is -0.895. The fourth-order valence-corrected chi connectivity index (χ4v) is 2.21. The quantitative estimate of drug-likeness (QED) is 0.769. The van der Waals surface area contributed by atoms with Gasteiger partial charge in [0.2, 0.25) is 5.91 Å². The van der Waals surface area contributed by atoms with E-state index in [-0.39, 0.29) is 12.5 Å². The first-order valence-corrected chi connectivity index (χ1v) is 6.56. The molecule has 18 heavy (non-hydrogen) atoms. The first-order chi connectivity index (χ1) is 8.54. The summed E-state index contributed by atoms with van der Waals surface area (Å²) < 4.78 is 0. The topological polar surface area (TPSA) is 57.6 Å². The number of carbonyl (C=O) groups is 2. The second-order valence-corrected chi connectivity index (χ2v) is 5.12. The normalized spacial score (nSPS) is 11.8. The van der Waals surface area contributed by atoms with Gasteiger partial charge in [-0.15, -0.1) is 17.9 Å². The van der Waals surface area contributed by atoms with Gasteiger partial charge in [0.05, 0.1) is 12.3 Å². The Labute approximate surface area is 111 Å². The Bertz CT molecular complexity index is 414. The van der Waals surface area contributed by atoms with Crippen LogP contribution in [-0.2, 0) is 16.0 Å². The molecule has 1 N–H and O–H groups in total. The van der Waals surface area contributed by atoms with Crippen molar-refractivity contribution in [1.29, 1.82) is 0 Å². The molecular formula is C13H17NO3S. The fraction of sp³-hybridized carbons (Fsp3) is 0.385. The van der Waals surface area contributed by atoms with Gasteiger partial charge in [0.15, 0.2) is 0 Å². The van der Waals surface area contributed by atoms with E-state index in [1.54, 1.807) is 13.0 Å². The van der Waals surface area contributed by atoms with Crippen LogP contribution < -0.4 is 0 Å². The number of nitrogens with zero attached hydrogens (tertiary/aromatic N) is 1. The third kappa shape index (κ3) is 4.33. The summed E-state index contributed by atoms with van der Waals surface area (Å²) in [6.07, 6.45) is 1.93. The van der Waals surface area contributed by atoms with Crippen LogP contribution in [0.15, 0.2) is 30.2 Å². The average molecular weight is 267 g/mol. The first kappa shape index (κ1) is 14.4. The highest BCUT2D eigenvalue weighted by Gasteiger charge is 2.19. The standard InChI is InChI=1S/C13H17NO3S/c1-3-6-14(9-10(2)13(16)17)12(15)8-11-5-4-7-18-11/h3-5,7,10H,1,6,8-9H2,2H3,(H,16,17). The lowest BCUT2D eigenvalue weighted by molar-refractivity contribution is -0.142. The zero-order valence-corrected chi connectivity index (χ0v) is 11.2. The lowest BCUT2D eigenvalue weighted by Crippen LogP contribution is -2.37. The molecule has 1 unspecified atom stereocenters. The van der Waals surface area contributed by atoms with Crippen molar-refractivity contribution in [1.82, 2.24) is 4.90 Å². The Morgan fingerprint density at radius 1 is 1.61 bits per heavy atom. The number of thiophene rings is 1. The van der Waals surface area contributed by atoms with E-state index in [1.165, 1.54) is 16.2 Å². The Kier molecular flexibility index (Phi) is 5.58. The van der Waals surface area contributed by atoms with Crippen LogP contribution in [0.1, 0.15) is 11.8 Å². The van der Waals surface area contributed by atoms with E-state index >= 15 is 0 Å². The van der Waals surface area contributed by atoms with Crippen LogP contribution in [0.4, 0.5) is 0 Å². The molecule has 5 heteroatoms. The van der Waals surface area contributed by atoms with Gasteiger partial charge in [0, 0.05) is 18.0 Å². The van der Waals surface area contributed by atoms with E-state index in [2.05, 4.69) is 6.58 Å². The van der Waals surface area contributed by atoms with E-state index in [9.17, 15) is 9.59 Å². The highest BCUT2D eigenvalue weighted by molar-refractivity contribution is 7.10.